The number of carbonyl (C=O) groups excluding carboxylic acids is 2. The fourth-order valence-electron chi connectivity index (χ4n) is 2.64. The molecule has 2 amide bonds. The number of nitrogens with one attached hydrogen (secondary N) is 2. The molecule has 1 heterocycles. The second kappa shape index (κ2) is 8.54. The second-order valence-corrected chi connectivity index (χ2v) is 5.76. The fraction of sp³-hybridized carbons (Fsp3) is 0.529. The van der Waals surface area contributed by atoms with Gasteiger partial charge < -0.3 is 10.6 Å². The van der Waals surface area contributed by atoms with E-state index >= 15 is 0 Å². The van der Waals surface area contributed by atoms with Crippen molar-refractivity contribution < 1.29 is 9.59 Å². The van der Waals surface area contributed by atoms with Crippen LogP contribution in [0.5, 0.6) is 0 Å². The molecule has 2 rings (SSSR count). The molecule has 0 saturated carbocycles. The number of para-hydroxylation sites is 1. The van der Waals surface area contributed by atoms with E-state index in [4.69, 9.17) is 0 Å². The average molecular weight is 303 g/mol. The van der Waals surface area contributed by atoms with Gasteiger partial charge in [-0.1, -0.05) is 25.1 Å². The van der Waals surface area contributed by atoms with Crippen LogP contribution in [0.15, 0.2) is 30.3 Å². The number of benzene rings is 1. The third kappa shape index (κ3) is 5.15. The Labute approximate surface area is 132 Å². The van der Waals surface area contributed by atoms with E-state index in [2.05, 4.69) is 15.5 Å². The number of rotatable bonds is 6. The van der Waals surface area contributed by atoms with Gasteiger partial charge in [-0.2, -0.15) is 0 Å². The highest BCUT2D eigenvalue weighted by Gasteiger charge is 2.25. The Morgan fingerprint density at radius 2 is 1.86 bits per heavy atom. The monoisotopic (exact) mass is 303 g/mol. The first-order valence-electron chi connectivity index (χ1n) is 8.04. The highest BCUT2D eigenvalue weighted by atomic mass is 16.2. The van der Waals surface area contributed by atoms with Gasteiger partial charge in [0.2, 0.25) is 11.8 Å². The normalized spacial score (nSPS) is 16.2. The molecule has 5 nitrogen and oxygen atoms in total. The first-order chi connectivity index (χ1) is 10.7. The smallest absolute Gasteiger partial charge is 0.234 e. The van der Waals surface area contributed by atoms with Crippen molar-refractivity contribution in [2.75, 3.05) is 31.5 Å². The van der Waals surface area contributed by atoms with Crippen LogP contribution < -0.4 is 10.6 Å². The Kier molecular flexibility index (Phi) is 6.40. The molecule has 0 spiro atoms. The summed E-state index contributed by atoms with van der Waals surface area (Å²) in [5, 5.41) is 5.84. The van der Waals surface area contributed by atoms with Crippen LogP contribution >= 0.6 is 0 Å². The van der Waals surface area contributed by atoms with E-state index in [1.165, 1.54) is 0 Å². The molecular formula is C17H25N3O2. The molecule has 5 heteroatoms. The summed E-state index contributed by atoms with van der Waals surface area (Å²) >= 11 is 0. The van der Waals surface area contributed by atoms with Gasteiger partial charge in [-0.05, 0) is 44.5 Å². The third-order valence-corrected chi connectivity index (χ3v) is 3.94. The van der Waals surface area contributed by atoms with Crippen LogP contribution in [0.3, 0.4) is 0 Å². The van der Waals surface area contributed by atoms with Crippen LogP contribution in [0.25, 0.3) is 0 Å². The lowest BCUT2D eigenvalue weighted by Gasteiger charge is -2.30. The summed E-state index contributed by atoms with van der Waals surface area (Å²) in [6.45, 7) is 4.80. The standard InChI is InChI=1S/C17H25N3O2/c1-2-10-18-16(21)13-20-11-8-14(9-12-20)17(22)19-15-6-4-3-5-7-15/h3-7,14H,2,8-13H2,1H3,(H,18,21)(H,19,22). The molecule has 1 aromatic rings. The van der Waals surface area contributed by atoms with Gasteiger partial charge in [0.1, 0.15) is 0 Å². The minimum Gasteiger partial charge on any atom is -0.355 e. The van der Waals surface area contributed by atoms with Crippen LogP contribution in [-0.2, 0) is 9.59 Å². The SMILES string of the molecule is CCCNC(=O)CN1CCC(C(=O)Nc2ccccc2)CC1. The minimum absolute atomic E-state index is 0.0372. The zero-order valence-corrected chi connectivity index (χ0v) is 13.2. The maximum Gasteiger partial charge on any atom is 0.234 e. The first-order valence-corrected chi connectivity index (χ1v) is 8.04. The summed E-state index contributed by atoms with van der Waals surface area (Å²) in [5.74, 6) is 0.200. The maximum absolute atomic E-state index is 12.2. The van der Waals surface area contributed by atoms with Crippen LogP contribution in [0.2, 0.25) is 0 Å². The molecule has 120 valence electrons. The van der Waals surface area contributed by atoms with Crippen LogP contribution in [-0.4, -0.2) is 42.9 Å². The molecule has 0 aliphatic carbocycles. The van der Waals surface area contributed by atoms with Crippen molar-refractivity contribution in [2.45, 2.75) is 26.2 Å². The number of nitrogens with zero attached hydrogens (tertiary/aromatic N) is 1. The number of likely N-dealkylation sites (tertiary alicyclic amines) is 1. The molecule has 0 radical (unpaired) electrons. The third-order valence-electron chi connectivity index (χ3n) is 3.94. The van der Waals surface area contributed by atoms with E-state index in [1.807, 2.05) is 37.3 Å². The summed E-state index contributed by atoms with van der Waals surface area (Å²) in [4.78, 5) is 26.0. The van der Waals surface area contributed by atoms with E-state index in [9.17, 15) is 9.59 Å². The predicted molar refractivity (Wildman–Crippen MR) is 87.5 cm³/mol. The lowest BCUT2D eigenvalue weighted by Crippen LogP contribution is -2.43. The molecule has 0 aromatic heterocycles. The number of hydrogen-bond acceptors (Lipinski definition) is 3. The Hall–Kier alpha value is -1.88. The minimum atomic E-state index is 0.0372. The number of piperidine rings is 1. The summed E-state index contributed by atoms with van der Waals surface area (Å²) in [6.07, 6.45) is 2.56. The Balaban J connectivity index is 1.72. The van der Waals surface area contributed by atoms with Crippen molar-refractivity contribution in [3.63, 3.8) is 0 Å². The van der Waals surface area contributed by atoms with Gasteiger partial charge in [0, 0.05) is 18.2 Å². The van der Waals surface area contributed by atoms with Crippen LogP contribution in [0, 0.1) is 5.92 Å². The van der Waals surface area contributed by atoms with E-state index in [0.717, 1.165) is 44.6 Å². The van der Waals surface area contributed by atoms with Gasteiger partial charge in [0.15, 0.2) is 0 Å². The Morgan fingerprint density at radius 3 is 2.50 bits per heavy atom. The zero-order chi connectivity index (χ0) is 15.8. The summed E-state index contributed by atoms with van der Waals surface area (Å²) in [5.41, 5.74) is 0.842. The number of hydrogen-bond donors (Lipinski definition) is 2. The topological polar surface area (TPSA) is 61.4 Å². The highest BCUT2D eigenvalue weighted by Crippen LogP contribution is 2.19. The van der Waals surface area contributed by atoms with Gasteiger partial charge in [-0.15, -0.1) is 0 Å². The average Bonchev–Trinajstić information content (AvgIpc) is 2.54. The first kappa shape index (κ1) is 16.5. The van der Waals surface area contributed by atoms with Gasteiger partial charge in [-0.25, -0.2) is 0 Å². The largest absolute Gasteiger partial charge is 0.355 e. The molecule has 1 aliphatic rings. The van der Waals surface area contributed by atoms with Gasteiger partial charge in [0.25, 0.3) is 0 Å². The maximum atomic E-state index is 12.2. The molecule has 1 aliphatic heterocycles. The van der Waals surface area contributed by atoms with E-state index in [1.54, 1.807) is 0 Å². The number of carbonyl (C=O) groups is 2. The molecule has 0 unspecified atom stereocenters. The van der Waals surface area contributed by atoms with Crippen molar-refractivity contribution >= 4 is 17.5 Å². The predicted octanol–water partition coefficient (Wildman–Crippen LogP) is 1.86. The highest BCUT2D eigenvalue weighted by molar-refractivity contribution is 5.92. The summed E-state index contributed by atoms with van der Waals surface area (Å²) in [6, 6.07) is 9.54. The van der Waals surface area contributed by atoms with E-state index in [-0.39, 0.29) is 17.7 Å². The van der Waals surface area contributed by atoms with Crippen molar-refractivity contribution in [1.29, 1.82) is 0 Å². The summed E-state index contributed by atoms with van der Waals surface area (Å²) < 4.78 is 0. The van der Waals surface area contributed by atoms with E-state index < -0.39 is 0 Å². The Morgan fingerprint density at radius 1 is 1.18 bits per heavy atom. The molecule has 1 saturated heterocycles. The van der Waals surface area contributed by atoms with Crippen molar-refractivity contribution in [2.24, 2.45) is 5.92 Å². The summed E-state index contributed by atoms with van der Waals surface area (Å²) in [7, 11) is 0. The van der Waals surface area contributed by atoms with Crippen molar-refractivity contribution in [3.05, 3.63) is 30.3 Å². The van der Waals surface area contributed by atoms with Gasteiger partial charge in [0.05, 0.1) is 6.54 Å². The molecule has 2 N–H and O–H groups in total. The quantitative estimate of drug-likeness (QED) is 0.843. The van der Waals surface area contributed by atoms with Crippen LogP contribution in [0.4, 0.5) is 5.69 Å². The fourth-order valence-corrected chi connectivity index (χ4v) is 2.64. The Bertz CT molecular complexity index is 482. The number of anilines is 1. The zero-order valence-electron chi connectivity index (χ0n) is 13.2. The van der Waals surface area contributed by atoms with Gasteiger partial charge in [-0.3, -0.25) is 14.5 Å². The van der Waals surface area contributed by atoms with Crippen molar-refractivity contribution in [1.82, 2.24) is 10.2 Å². The molecule has 1 fully saturated rings. The molecule has 0 bridgehead atoms. The van der Waals surface area contributed by atoms with Gasteiger partial charge >= 0.3 is 0 Å². The van der Waals surface area contributed by atoms with Crippen LogP contribution in [0.1, 0.15) is 26.2 Å². The molecule has 1 aromatic carbocycles. The lowest BCUT2D eigenvalue weighted by atomic mass is 9.96. The van der Waals surface area contributed by atoms with E-state index in [0.29, 0.717) is 6.54 Å². The molecule has 0 atom stereocenters. The molecule has 22 heavy (non-hydrogen) atoms. The van der Waals surface area contributed by atoms with Crippen molar-refractivity contribution in [3.8, 4) is 0 Å². The molecular weight excluding hydrogens is 278 g/mol. The lowest BCUT2D eigenvalue weighted by molar-refractivity contribution is -0.123. The number of amides is 2. The second-order valence-electron chi connectivity index (χ2n) is 5.76.